The van der Waals surface area contributed by atoms with Crippen LogP contribution in [0.1, 0.15) is 6.23 Å². The lowest BCUT2D eigenvalue weighted by Crippen LogP contribution is -2.33. The monoisotopic (exact) mass is 311 g/mol. The van der Waals surface area contributed by atoms with Gasteiger partial charge in [0.15, 0.2) is 6.23 Å². The van der Waals surface area contributed by atoms with E-state index in [0.717, 1.165) is 0 Å². The van der Waals surface area contributed by atoms with E-state index in [2.05, 4.69) is 4.98 Å². The molecular weight excluding hydrogens is 294 g/mol. The van der Waals surface area contributed by atoms with Crippen molar-refractivity contribution in [1.82, 2.24) is 14.1 Å². The van der Waals surface area contributed by atoms with Gasteiger partial charge in [0.2, 0.25) is 0 Å². The topological polar surface area (TPSA) is 119 Å². The lowest BCUT2D eigenvalue weighted by molar-refractivity contribution is -0.0508. The number of hydrogen-bond acceptors (Lipinski definition) is 7. The van der Waals surface area contributed by atoms with Gasteiger partial charge in [0.25, 0.3) is 5.56 Å². The first-order valence-corrected chi connectivity index (χ1v) is 6.76. The molecule has 0 aliphatic carbocycles. The Kier molecular flexibility index (Phi) is 3.98. The third kappa shape index (κ3) is 2.23. The summed E-state index contributed by atoms with van der Waals surface area (Å²) in [5.74, 6) is 0. The number of aromatic nitrogens is 3. The fraction of sp³-hybridized carbons (Fsp3) is 0.538. The van der Waals surface area contributed by atoms with Crippen molar-refractivity contribution in [1.29, 1.82) is 0 Å². The first-order valence-electron chi connectivity index (χ1n) is 6.76. The van der Waals surface area contributed by atoms with Gasteiger partial charge in [-0.2, -0.15) is 0 Å². The van der Waals surface area contributed by atoms with E-state index in [1.54, 1.807) is 12.3 Å². The highest BCUT2D eigenvalue weighted by Crippen LogP contribution is 2.31. The number of rotatable bonds is 4. The SMILES string of the molecule is COCn1cnc2c(ccn2[C@H]2O[C@@H](CO)[C@@H](O)[C@H]2O)c1=O. The first kappa shape index (κ1) is 15.1. The summed E-state index contributed by atoms with van der Waals surface area (Å²) in [6, 6.07) is 1.56. The van der Waals surface area contributed by atoms with Gasteiger partial charge in [-0.3, -0.25) is 9.36 Å². The molecule has 9 nitrogen and oxygen atoms in total. The number of aliphatic hydroxyl groups is 3. The van der Waals surface area contributed by atoms with E-state index in [1.165, 1.54) is 22.6 Å². The zero-order chi connectivity index (χ0) is 15.9. The second-order valence-electron chi connectivity index (χ2n) is 5.13. The zero-order valence-corrected chi connectivity index (χ0v) is 11.9. The summed E-state index contributed by atoms with van der Waals surface area (Å²) in [5, 5.41) is 29.4. The van der Waals surface area contributed by atoms with Gasteiger partial charge < -0.3 is 29.4 Å². The molecule has 0 spiro atoms. The zero-order valence-electron chi connectivity index (χ0n) is 11.9. The lowest BCUT2D eigenvalue weighted by atomic mass is 10.1. The maximum absolute atomic E-state index is 12.2. The second-order valence-corrected chi connectivity index (χ2v) is 5.13. The molecule has 22 heavy (non-hydrogen) atoms. The lowest BCUT2D eigenvalue weighted by Gasteiger charge is -2.17. The summed E-state index contributed by atoms with van der Waals surface area (Å²) in [4.78, 5) is 16.4. The number of aliphatic hydroxyl groups excluding tert-OH is 3. The van der Waals surface area contributed by atoms with Gasteiger partial charge in [-0.05, 0) is 6.07 Å². The smallest absolute Gasteiger partial charge is 0.264 e. The van der Waals surface area contributed by atoms with Crippen LogP contribution in [0.5, 0.6) is 0 Å². The second kappa shape index (κ2) is 5.78. The molecule has 3 rings (SSSR count). The molecule has 4 atom stereocenters. The Morgan fingerprint density at radius 1 is 1.41 bits per heavy atom. The van der Waals surface area contributed by atoms with Crippen LogP contribution in [0.25, 0.3) is 11.0 Å². The summed E-state index contributed by atoms with van der Waals surface area (Å²) in [5.41, 5.74) is 0.0459. The van der Waals surface area contributed by atoms with Crippen LogP contribution in [0.2, 0.25) is 0 Å². The molecule has 0 aromatic carbocycles. The van der Waals surface area contributed by atoms with Gasteiger partial charge in [0, 0.05) is 13.3 Å². The van der Waals surface area contributed by atoms with Crippen molar-refractivity contribution in [3.05, 3.63) is 28.9 Å². The van der Waals surface area contributed by atoms with Crippen molar-refractivity contribution < 1.29 is 24.8 Å². The highest BCUT2D eigenvalue weighted by molar-refractivity contribution is 5.74. The van der Waals surface area contributed by atoms with Gasteiger partial charge in [-0.1, -0.05) is 0 Å². The van der Waals surface area contributed by atoms with Crippen molar-refractivity contribution >= 4 is 11.0 Å². The number of ether oxygens (including phenoxy) is 2. The third-order valence-corrected chi connectivity index (χ3v) is 3.76. The standard InChI is InChI=1S/C13H17N3O6/c1-21-6-15-5-14-11-7(12(15)20)2-3-16(11)13-10(19)9(18)8(4-17)22-13/h2-3,5,8-10,13,17-19H,4,6H2,1H3/t8-,9+,10+,13-/m0/s1. The minimum Gasteiger partial charge on any atom is -0.394 e. The van der Waals surface area contributed by atoms with E-state index >= 15 is 0 Å². The van der Waals surface area contributed by atoms with Crippen LogP contribution in [0, 0.1) is 0 Å². The van der Waals surface area contributed by atoms with Crippen LogP contribution in [-0.4, -0.2) is 61.5 Å². The minimum absolute atomic E-state index is 0.0841. The van der Waals surface area contributed by atoms with Crippen LogP contribution >= 0.6 is 0 Å². The summed E-state index contributed by atoms with van der Waals surface area (Å²) in [6.45, 7) is -0.331. The van der Waals surface area contributed by atoms with Crippen molar-refractivity contribution in [2.45, 2.75) is 31.3 Å². The molecule has 9 heteroatoms. The van der Waals surface area contributed by atoms with Crippen molar-refractivity contribution in [3.8, 4) is 0 Å². The van der Waals surface area contributed by atoms with Crippen molar-refractivity contribution in [2.24, 2.45) is 0 Å². The molecule has 1 saturated heterocycles. The normalized spacial score (nSPS) is 28.5. The van der Waals surface area contributed by atoms with Crippen molar-refractivity contribution in [2.75, 3.05) is 13.7 Å². The quantitative estimate of drug-likeness (QED) is 0.623. The maximum atomic E-state index is 12.2. The van der Waals surface area contributed by atoms with E-state index in [-0.39, 0.29) is 12.3 Å². The molecule has 1 aliphatic heterocycles. The Labute approximate surface area is 125 Å². The van der Waals surface area contributed by atoms with Crippen molar-refractivity contribution in [3.63, 3.8) is 0 Å². The van der Waals surface area contributed by atoms with Gasteiger partial charge in [-0.25, -0.2) is 4.98 Å². The first-order chi connectivity index (χ1) is 10.6. The molecule has 3 N–H and O–H groups in total. The Bertz CT molecular complexity index is 726. The highest BCUT2D eigenvalue weighted by Gasteiger charge is 2.43. The molecule has 1 aliphatic rings. The molecule has 0 radical (unpaired) electrons. The van der Waals surface area contributed by atoms with E-state index in [1.807, 2.05) is 0 Å². The average molecular weight is 311 g/mol. The molecule has 0 bridgehead atoms. The molecule has 0 amide bonds. The highest BCUT2D eigenvalue weighted by atomic mass is 16.6. The van der Waals surface area contributed by atoms with E-state index < -0.39 is 31.1 Å². The Morgan fingerprint density at radius 3 is 2.82 bits per heavy atom. The summed E-state index contributed by atoms with van der Waals surface area (Å²) < 4.78 is 13.1. The number of methoxy groups -OCH3 is 1. The molecule has 3 heterocycles. The van der Waals surface area contributed by atoms with E-state index in [4.69, 9.17) is 14.6 Å². The van der Waals surface area contributed by atoms with Crippen LogP contribution in [0.4, 0.5) is 0 Å². The molecule has 0 unspecified atom stereocenters. The van der Waals surface area contributed by atoms with E-state index in [9.17, 15) is 15.0 Å². The molecular formula is C13H17N3O6. The summed E-state index contributed by atoms with van der Waals surface area (Å²) >= 11 is 0. The van der Waals surface area contributed by atoms with Crippen LogP contribution in [0.15, 0.2) is 23.4 Å². The Morgan fingerprint density at radius 2 is 2.18 bits per heavy atom. The third-order valence-electron chi connectivity index (χ3n) is 3.76. The van der Waals surface area contributed by atoms with Crippen LogP contribution < -0.4 is 5.56 Å². The summed E-state index contributed by atoms with van der Waals surface area (Å²) in [6.07, 6.45) is -1.35. The van der Waals surface area contributed by atoms with Crippen LogP contribution in [-0.2, 0) is 16.2 Å². The fourth-order valence-electron chi connectivity index (χ4n) is 2.62. The number of hydrogen-bond donors (Lipinski definition) is 3. The Hall–Kier alpha value is -1.78. The van der Waals surface area contributed by atoms with Gasteiger partial charge in [0.05, 0.1) is 12.0 Å². The Balaban J connectivity index is 2.03. The molecule has 2 aromatic rings. The molecule has 2 aromatic heterocycles. The van der Waals surface area contributed by atoms with Gasteiger partial charge in [0.1, 0.15) is 37.0 Å². The van der Waals surface area contributed by atoms with E-state index in [0.29, 0.717) is 11.0 Å². The molecule has 0 saturated carbocycles. The predicted octanol–water partition coefficient (Wildman–Crippen LogP) is -1.59. The van der Waals surface area contributed by atoms with Crippen LogP contribution in [0.3, 0.4) is 0 Å². The van der Waals surface area contributed by atoms with Gasteiger partial charge in [-0.15, -0.1) is 0 Å². The minimum atomic E-state index is -1.23. The maximum Gasteiger partial charge on any atom is 0.264 e. The summed E-state index contributed by atoms with van der Waals surface area (Å²) in [7, 11) is 1.47. The largest absolute Gasteiger partial charge is 0.394 e. The number of fused-ring (bicyclic) bond motifs is 1. The molecule has 120 valence electrons. The fourth-order valence-corrected chi connectivity index (χ4v) is 2.62. The predicted molar refractivity (Wildman–Crippen MR) is 74.0 cm³/mol. The number of nitrogens with zero attached hydrogens (tertiary/aromatic N) is 3. The molecule has 1 fully saturated rings. The average Bonchev–Trinajstić information content (AvgIpc) is 3.05. The van der Waals surface area contributed by atoms with Gasteiger partial charge >= 0.3 is 0 Å².